The van der Waals surface area contributed by atoms with Crippen LogP contribution in [0.5, 0.6) is 0 Å². The fourth-order valence-corrected chi connectivity index (χ4v) is 5.52. The monoisotopic (exact) mass is 378 g/mol. The predicted molar refractivity (Wildman–Crippen MR) is 101 cm³/mol. The zero-order chi connectivity index (χ0) is 18.6. The summed E-state index contributed by atoms with van der Waals surface area (Å²) in [5.41, 5.74) is 4.56. The molecule has 1 aliphatic carbocycles. The molecule has 5 heteroatoms. The Morgan fingerprint density at radius 1 is 0.926 bits per heavy atom. The van der Waals surface area contributed by atoms with Gasteiger partial charge in [-0.15, -0.1) is 0 Å². The maximum absolute atomic E-state index is 12.9. The second kappa shape index (κ2) is 6.01. The van der Waals surface area contributed by atoms with Crippen LogP contribution in [0.2, 0.25) is 0 Å². The Morgan fingerprint density at radius 2 is 1.63 bits per heavy atom. The number of nitrogens with zero attached hydrogens (tertiary/aromatic N) is 1. The van der Waals surface area contributed by atoms with Crippen LogP contribution in [-0.4, -0.2) is 14.5 Å². The SMILES string of the molecule is Cc1ccc(S(=O)(=O)OC2CC3c4ccccc4C2c2cccc[n+]23)cc1. The smallest absolute Gasteiger partial charge is 0.261 e. The molecule has 2 bridgehead atoms. The molecule has 136 valence electrons. The van der Waals surface area contributed by atoms with E-state index in [-0.39, 0.29) is 16.9 Å². The highest BCUT2D eigenvalue weighted by molar-refractivity contribution is 7.86. The van der Waals surface area contributed by atoms with Gasteiger partial charge in [0, 0.05) is 24.1 Å². The average Bonchev–Trinajstić information content (AvgIpc) is 2.68. The van der Waals surface area contributed by atoms with Crippen LogP contribution in [-0.2, 0) is 14.3 Å². The Morgan fingerprint density at radius 3 is 2.41 bits per heavy atom. The molecule has 0 saturated carbocycles. The predicted octanol–water partition coefficient (Wildman–Crippen LogP) is 3.50. The summed E-state index contributed by atoms with van der Waals surface area (Å²) in [6.07, 6.45) is 2.32. The molecular formula is C22H20NO3S+. The van der Waals surface area contributed by atoms with Gasteiger partial charge in [-0.2, -0.15) is 13.0 Å². The van der Waals surface area contributed by atoms with Gasteiger partial charge in [0.2, 0.25) is 0 Å². The summed E-state index contributed by atoms with van der Waals surface area (Å²) in [5.74, 6) is -0.0902. The van der Waals surface area contributed by atoms with E-state index in [0.29, 0.717) is 6.42 Å². The molecule has 3 aliphatic rings. The van der Waals surface area contributed by atoms with E-state index in [0.717, 1.165) is 11.3 Å². The molecule has 6 rings (SSSR count). The topological polar surface area (TPSA) is 47.3 Å². The number of hydrogen-bond donors (Lipinski definition) is 0. The molecule has 0 N–H and O–H groups in total. The van der Waals surface area contributed by atoms with Gasteiger partial charge < -0.3 is 0 Å². The van der Waals surface area contributed by atoms with Crippen LogP contribution in [0.4, 0.5) is 0 Å². The lowest BCUT2D eigenvalue weighted by atomic mass is 9.72. The van der Waals surface area contributed by atoms with Gasteiger partial charge in [-0.1, -0.05) is 48.0 Å². The maximum atomic E-state index is 12.9. The molecular weight excluding hydrogens is 358 g/mol. The molecule has 0 radical (unpaired) electrons. The van der Waals surface area contributed by atoms with E-state index in [1.165, 1.54) is 11.1 Å². The number of aryl methyl sites for hydroxylation is 1. The Labute approximate surface area is 159 Å². The third kappa shape index (κ3) is 2.61. The Balaban J connectivity index is 1.57. The number of rotatable bonds is 3. The lowest BCUT2D eigenvalue weighted by Gasteiger charge is -2.39. The van der Waals surface area contributed by atoms with Crippen molar-refractivity contribution in [1.29, 1.82) is 0 Å². The van der Waals surface area contributed by atoms with Crippen molar-refractivity contribution in [3.8, 4) is 0 Å². The normalized spacial score (nSPS) is 22.9. The van der Waals surface area contributed by atoms with Crippen LogP contribution in [0.3, 0.4) is 0 Å². The third-order valence-electron chi connectivity index (χ3n) is 5.65. The third-order valence-corrected chi connectivity index (χ3v) is 7.00. The standard InChI is InChI=1S/C22H20NO3S/c1-15-9-11-16(12-10-15)27(24,25)26-21-14-20-17-6-2-3-7-18(17)22(21)19-8-4-5-13-23(19)20/h2-13,20-22H,14H2,1H3/q+1. The minimum absolute atomic E-state index is 0.0902. The largest absolute Gasteiger partial charge is 0.297 e. The molecule has 1 aromatic heterocycles. The first-order chi connectivity index (χ1) is 13.0. The van der Waals surface area contributed by atoms with Gasteiger partial charge in [0.25, 0.3) is 10.1 Å². The quantitative estimate of drug-likeness (QED) is 0.518. The van der Waals surface area contributed by atoms with E-state index < -0.39 is 16.2 Å². The number of pyridine rings is 1. The van der Waals surface area contributed by atoms with Gasteiger partial charge in [-0.25, -0.2) is 0 Å². The highest BCUT2D eigenvalue weighted by Crippen LogP contribution is 2.46. The van der Waals surface area contributed by atoms with E-state index in [2.05, 4.69) is 29.0 Å². The molecule has 4 nitrogen and oxygen atoms in total. The van der Waals surface area contributed by atoms with Gasteiger partial charge in [-0.05, 0) is 24.6 Å². The van der Waals surface area contributed by atoms with Crippen LogP contribution in [0.15, 0.2) is 77.8 Å². The van der Waals surface area contributed by atoms with Crippen molar-refractivity contribution in [1.82, 2.24) is 0 Å². The van der Waals surface area contributed by atoms with E-state index in [9.17, 15) is 8.42 Å². The van der Waals surface area contributed by atoms with Crippen molar-refractivity contribution >= 4 is 10.1 Å². The van der Waals surface area contributed by atoms with Crippen molar-refractivity contribution < 1.29 is 17.2 Å². The molecule has 2 aliphatic heterocycles. The minimum Gasteiger partial charge on any atom is -0.261 e. The number of aromatic nitrogens is 1. The van der Waals surface area contributed by atoms with Crippen molar-refractivity contribution in [2.24, 2.45) is 0 Å². The summed E-state index contributed by atoms with van der Waals surface area (Å²) >= 11 is 0. The summed E-state index contributed by atoms with van der Waals surface area (Å²) in [5, 5.41) is 0. The number of benzene rings is 2. The van der Waals surface area contributed by atoms with E-state index in [1.54, 1.807) is 24.3 Å². The van der Waals surface area contributed by atoms with Crippen molar-refractivity contribution in [2.75, 3.05) is 0 Å². The summed E-state index contributed by atoms with van der Waals surface area (Å²) in [7, 11) is -3.81. The Bertz CT molecular complexity index is 1070. The second-order valence-corrected chi connectivity index (χ2v) is 8.86. The molecule has 3 unspecified atom stereocenters. The second-order valence-electron chi connectivity index (χ2n) is 7.29. The lowest BCUT2D eigenvalue weighted by molar-refractivity contribution is -0.732. The molecule has 27 heavy (non-hydrogen) atoms. The molecule has 0 spiro atoms. The molecule has 3 heterocycles. The van der Waals surface area contributed by atoms with Crippen LogP contribution in [0.25, 0.3) is 0 Å². The zero-order valence-corrected chi connectivity index (χ0v) is 15.8. The molecule has 3 atom stereocenters. The lowest BCUT2D eigenvalue weighted by Crippen LogP contribution is -2.56. The van der Waals surface area contributed by atoms with Crippen LogP contribution >= 0.6 is 0 Å². The molecule has 0 fully saturated rings. The van der Waals surface area contributed by atoms with Gasteiger partial charge in [0.1, 0.15) is 6.10 Å². The Hall–Kier alpha value is -2.50. The van der Waals surface area contributed by atoms with E-state index >= 15 is 0 Å². The average molecular weight is 378 g/mol. The zero-order valence-electron chi connectivity index (χ0n) is 14.9. The first-order valence-electron chi connectivity index (χ1n) is 9.13. The summed E-state index contributed by atoms with van der Waals surface area (Å²) in [6, 6.07) is 21.3. The summed E-state index contributed by atoms with van der Waals surface area (Å²) in [6.45, 7) is 1.93. The first kappa shape index (κ1) is 16.7. The van der Waals surface area contributed by atoms with E-state index in [1.807, 2.05) is 31.2 Å². The van der Waals surface area contributed by atoms with Crippen molar-refractivity contribution in [2.45, 2.75) is 36.3 Å². The highest BCUT2D eigenvalue weighted by atomic mass is 32.2. The molecule has 3 aromatic rings. The van der Waals surface area contributed by atoms with Gasteiger partial charge >= 0.3 is 0 Å². The fourth-order valence-electron chi connectivity index (χ4n) is 4.43. The fraction of sp³-hybridized carbons (Fsp3) is 0.227. The Kier molecular flexibility index (Phi) is 3.71. The van der Waals surface area contributed by atoms with Gasteiger partial charge in [-0.3, -0.25) is 4.18 Å². The van der Waals surface area contributed by atoms with Gasteiger partial charge in [0.05, 0.1) is 10.8 Å². The van der Waals surface area contributed by atoms with Crippen LogP contribution in [0.1, 0.15) is 40.8 Å². The highest BCUT2D eigenvalue weighted by Gasteiger charge is 2.51. The first-order valence-corrected chi connectivity index (χ1v) is 10.5. The van der Waals surface area contributed by atoms with Crippen LogP contribution < -0.4 is 4.57 Å². The van der Waals surface area contributed by atoms with Crippen molar-refractivity contribution in [3.63, 3.8) is 0 Å². The van der Waals surface area contributed by atoms with Crippen molar-refractivity contribution in [3.05, 3.63) is 95.3 Å². The van der Waals surface area contributed by atoms with Crippen LogP contribution in [0, 0.1) is 6.92 Å². The number of fused-ring (bicyclic) bond motifs is 1. The number of hydrogen-bond acceptors (Lipinski definition) is 3. The molecule has 0 amide bonds. The van der Waals surface area contributed by atoms with Gasteiger partial charge in [0.15, 0.2) is 17.9 Å². The summed E-state index contributed by atoms with van der Waals surface area (Å²) < 4.78 is 33.8. The molecule has 0 saturated heterocycles. The minimum atomic E-state index is -3.81. The maximum Gasteiger partial charge on any atom is 0.297 e. The van der Waals surface area contributed by atoms with E-state index in [4.69, 9.17) is 4.18 Å². The molecule has 2 aromatic carbocycles. The summed E-state index contributed by atoms with van der Waals surface area (Å²) in [4.78, 5) is 0.212.